The van der Waals surface area contributed by atoms with Gasteiger partial charge in [0.2, 0.25) is 5.91 Å². The van der Waals surface area contributed by atoms with Gasteiger partial charge in [-0.3, -0.25) is 29.3 Å². The van der Waals surface area contributed by atoms with E-state index in [4.69, 9.17) is 11.6 Å². The number of anilines is 3. The molecule has 336 valence electrons. The Labute approximate surface area is 368 Å². The lowest BCUT2D eigenvalue weighted by atomic mass is 9.65. The van der Waals surface area contributed by atoms with Gasteiger partial charge in [-0.1, -0.05) is 11.6 Å². The lowest BCUT2D eigenvalue weighted by molar-refractivity contribution is -0.120. The number of carbonyl (C=O) groups excluding carboxylic acids is 4. The quantitative estimate of drug-likeness (QED) is 0.225. The van der Waals surface area contributed by atoms with Crippen molar-refractivity contribution in [2.45, 2.75) is 70.3 Å². The van der Waals surface area contributed by atoms with Gasteiger partial charge in [0.05, 0.1) is 40.1 Å². The number of aromatic nitrogens is 5. The summed E-state index contributed by atoms with van der Waals surface area (Å²) in [6.45, 7) is 4.66. The van der Waals surface area contributed by atoms with Crippen molar-refractivity contribution < 1.29 is 36.4 Å². The summed E-state index contributed by atoms with van der Waals surface area (Å²) in [5.41, 5.74) is 0.829. The van der Waals surface area contributed by atoms with E-state index in [9.17, 15) is 36.4 Å². The summed E-state index contributed by atoms with van der Waals surface area (Å²) in [5, 5.41) is 13.7. The molecule has 0 unspecified atom stereocenters. The molecule has 9 rings (SSSR count). The van der Waals surface area contributed by atoms with E-state index >= 15 is 0 Å². The van der Waals surface area contributed by atoms with Gasteiger partial charge in [-0.05, 0) is 87.0 Å². The molecule has 0 radical (unpaired) electrons. The highest BCUT2D eigenvalue weighted by molar-refractivity contribution is 7.91. The molecule has 1 aromatic carbocycles. The van der Waals surface area contributed by atoms with Gasteiger partial charge in [-0.15, -0.1) is 0 Å². The van der Waals surface area contributed by atoms with E-state index < -0.39 is 33.9 Å². The highest BCUT2D eigenvalue weighted by atomic mass is 35.5. The Hall–Kier alpha value is -5.21. The zero-order valence-corrected chi connectivity index (χ0v) is 36.3. The zero-order valence-electron chi connectivity index (χ0n) is 34.7. The van der Waals surface area contributed by atoms with E-state index in [0.29, 0.717) is 41.1 Å². The number of carbonyl (C=O) groups is 4. The van der Waals surface area contributed by atoms with Gasteiger partial charge < -0.3 is 20.0 Å². The molecule has 63 heavy (non-hydrogen) atoms. The molecule has 3 aromatic heterocycles. The van der Waals surface area contributed by atoms with Crippen LogP contribution in [0.4, 0.5) is 30.8 Å². The van der Waals surface area contributed by atoms with Crippen LogP contribution in [0.15, 0.2) is 42.9 Å². The van der Waals surface area contributed by atoms with Crippen LogP contribution >= 0.6 is 11.6 Å². The number of benzene rings is 1. The maximum Gasteiger partial charge on any atom is 0.328 e. The van der Waals surface area contributed by atoms with Crippen LogP contribution in [0.3, 0.4) is 0 Å². The highest BCUT2D eigenvalue weighted by Crippen LogP contribution is 2.47. The van der Waals surface area contributed by atoms with Crippen molar-refractivity contribution in [1.82, 2.24) is 39.5 Å². The van der Waals surface area contributed by atoms with Crippen LogP contribution in [0, 0.1) is 11.3 Å². The molecule has 1 spiro atoms. The number of urea groups is 1. The third kappa shape index (κ3) is 9.11. The lowest BCUT2D eigenvalue weighted by Gasteiger charge is -2.47. The summed E-state index contributed by atoms with van der Waals surface area (Å²) >= 11 is 6.42. The molecule has 5 amide bonds. The highest BCUT2D eigenvalue weighted by Gasteiger charge is 2.40. The van der Waals surface area contributed by atoms with Gasteiger partial charge in [0.15, 0.2) is 21.2 Å². The van der Waals surface area contributed by atoms with Crippen LogP contribution < -0.4 is 20.4 Å². The normalized spacial score (nSPS) is 21.4. The topological polar surface area (TPSA) is 187 Å². The van der Waals surface area contributed by atoms with Crippen molar-refractivity contribution >= 4 is 68.0 Å². The Morgan fingerprint density at radius 3 is 2.38 bits per heavy atom. The monoisotopic (exact) mass is 909 g/mol. The molecule has 0 bridgehead atoms. The standard InChI is InChI=1S/C42H50ClF2N11O6S/c43-31-2-1-28(23-33(31)54-15-8-35(57)49-41(54)60)40(59)53-17-11-42(12-18-53)9-3-27(4-10-42)25-51-13-5-29(6-14-51)56-26-32(36(50-56)37(44)45)47-39(58)30-24-46-55-16-7-34(48-38(30)55)52-19-21-63(61,62)22-20-52/h1-2,7,16,23-24,26-27,29,37H,3-6,8-15,17-22,25H2,(H,47,58)(H,49,57,60). The predicted molar refractivity (Wildman–Crippen MR) is 230 cm³/mol. The molecule has 4 saturated heterocycles. The van der Waals surface area contributed by atoms with E-state index in [1.165, 1.54) is 21.8 Å². The minimum atomic E-state index is -3.10. The van der Waals surface area contributed by atoms with Crippen LogP contribution in [-0.4, -0.2) is 130 Å². The van der Waals surface area contributed by atoms with E-state index in [-0.39, 0.29) is 77.7 Å². The van der Waals surface area contributed by atoms with Crippen molar-refractivity contribution in [1.29, 1.82) is 0 Å². The predicted octanol–water partition coefficient (Wildman–Crippen LogP) is 5.20. The Morgan fingerprint density at radius 2 is 1.68 bits per heavy atom. The van der Waals surface area contributed by atoms with Gasteiger partial charge >= 0.3 is 6.03 Å². The van der Waals surface area contributed by atoms with E-state index in [1.807, 2.05) is 9.80 Å². The fourth-order valence-electron chi connectivity index (χ4n) is 9.89. The number of fused-ring (bicyclic) bond motifs is 1. The summed E-state index contributed by atoms with van der Waals surface area (Å²) in [5.74, 6) is -0.0204. The van der Waals surface area contributed by atoms with Gasteiger partial charge in [-0.2, -0.15) is 10.2 Å². The smallest absolute Gasteiger partial charge is 0.328 e. The van der Waals surface area contributed by atoms with Crippen molar-refractivity contribution in [3.63, 3.8) is 0 Å². The number of nitrogens with zero attached hydrogens (tertiary/aromatic N) is 9. The molecule has 17 nitrogen and oxygen atoms in total. The average molecular weight is 910 g/mol. The van der Waals surface area contributed by atoms with Gasteiger partial charge in [0, 0.05) is 76.7 Å². The molecule has 4 aromatic rings. The van der Waals surface area contributed by atoms with Gasteiger partial charge in [-0.25, -0.2) is 31.5 Å². The van der Waals surface area contributed by atoms with Crippen LogP contribution in [0.25, 0.3) is 5.65 Å². The van der Waals surface area contributed by atoms with Crippen molar-refractivity contribution in [3.05, 3.63) is 64.7 Å². The molecule has 1 aliphatic carbocycles. The summed E-state index contributed by atoms with van der Waals surface area (Å²) in [6.07, 6.45) is 9.48. The second kappa shape index (κ2) is 17.4. The fraction of sp³-hybridized carbons (Fsp3) is 0.548. The zero-order chi connectivity index (χ0) is 44.0. The van der Waals surface area contributed by atoms with Crippen molar-refractivity contribution in [2.24, 2.45) is 11.3 Å². The maximum absolute atomic E-state index is 14.3. The van der Waals surface area contributed by atoms with Gasteiger partial charge in [0.1, 0.15) is 11.4 Å². The van der Waals surface area contributed by atoms with Crippen LogP contribution in [0.1, 0.15) is 96.7 Å². The molecular formula is C42H50ClF2N11O6S. The third-order valence-electron chi connectivity index (χ3n) is 13.7. The van der Waals surface area contributed by atoms with Gasteiger partial charge in [0.25, 0.3) is 18.2 Å². The second-order valence-corrected chi connectivity index (χ2v) is 20.3. The molecule has 2 N–H and O–H groups in total. The summed E-state index contributed by atoms with van der Waals surface area (Å²) in [6, 6.07) is 5.99. The Kier molecular flexibility index (Phi) is 11.9. The first-order chi connectivity index (χ1) is 30.2. The number of hydrogen-bond donors (Lipinski definition) is 2. The molecule has 0 atom stereocenters. The third-order valence-corrected chi connectivity index (χ3v) is 15.7. The number of rotatable bonds is 9. The molecule has 5 fully saturated rings. The number of piperidine rings is 2. The molecule has 4 aliphatic heterocycles. The minimum absolute atomic E-state index is 0.00710. The summed E-state index contributed by atoms with van der Waals surface area (Å²) < 4.78 is 55.4. The first-order valence-corrected chi connectivity index (χ1v) is 23.8. The number of halogens is 3. The van der Waals surface area contributed by atoms with E-state index in [2.05, 4.69) is 30.7 Å². The van der Waals surface area contributed by atoms with Crippen LogP contribution in [-0.2, 0) is 14.6 Å². The Balaban J connectivity index is 0.751. The number of sulfone groups is 1. The maximum atomic E-state index is 14.3. The summed E-state index contributed by atoms with van der Waals surface area (Å²) in [7, 11) is -3.10. The van der Waals surface area contributed by atoms with Crippen LogP contribution in [0.2, 0.25) is 5.02 Å². The molecular weight excluding hydrogens is 860 g/mol. The number of imide groups is 1. The number of nitrogens with one attached hydrogen (secondary N) is 2. The number of alkyl halides is 2. The van der Waals surface area contributed by atoms with E-state index in [0.717, 1.165) is 71.0 Å². The first kappa shape index (κ1) is 43.1. The Bertz CT molecular complexity index is 2510. The number of hydrogen-bond acceptors (Lipinski definition) is 11. The average Bonchev–Trinajstić information content (AvgIpc) is 3.90. The SMILES string of the molecule is O=C1CCN(c2cc(C(=O)N3CCC4(CCC(CN5CCC(n6cc(NC(=O)c7cnn8ccc(N9CCS(=O)(=O)CC9)nc78)c(C(F)F)n6)CC5)CC4)CC3)ccc2Cl)C(=O)N1. The second-order valence-electron chi connectivity index (χ2n) is 17.6. The van der Waals surface area contributed by atoms with Crippen molar-refractivity contribution in [2.75, 3.05) is 79.0 Å². The molecule has 5 aliphatic rings. The van der Waals surface area contributed by atoms with Crippen molar-refractivity contribution in [3.8, 4) is 0 Å². The number of likely N-dealkylation sites (tertiary alicyclic amines) is 2. The van der Waals surface area contributed by atoms with E-state index in [1.54, 1.807) is 35.1 Å². The molecule has 7 heterocycles. The number of amides is 5. The molecule has 1 saturated carbocycles. The summed E-state index contributed by atoms with van der Waals surface area (Å²) in [4.78, 5) is 63.4. The largest absolute Gasteiger partial charge is 0.354 e. The fourth-order valence-corrected chi connectivity index (χ4v) is 11.3. The lowest BCUT2D eigenvalue weighted by Crippen LogP contribution is -2.49. The first-order valence-electron chi connectivity index (χ1n) is 21.6. The van der Waals surface area contributed by atoms with Crippen LogP contribution in [0.5, 0.6) is 0 Å². The molecule has 21 heteroatoms. The minimum Gasteiger partial charge on any atom is -0.354 e. The Morgan fingerprint density at radius 1 is 0.952 bits per heavy atom.